The van der Waals surface area contributed by atoms with Crippen LogP contribution in [0.5, 0.6) is 0 Å². The fraction of sp³-hybridized carbons (Fsp3) is 0.500. The number of thiophene rings is 1. The fourth-order valence-electron chi connectivity index (χ4n) is 1.08. The molecule has 4 heteroatoms. The molecule has 78 valence electrons. The Morgan fingerprint density at radius 1 is 1.57 bits per heavy atom. The van der Waals surface area contributed by atoms with Crippen molar-refractivity contribution in [1.29, 1.82) is 0 Å². The summed E-state index contributed by atoms with van der Waals surface area (Å²) in [7, 11) is 3.98. The highest BCUT2D eigenvalue weighted by molar-refractivity contribution is 7.12. The molecule has 1 rings (SSSR count). The number of nitrogens with zero attached hydrogens (tertiary/aromatic N) is 1. The van der Waals surface area contributed by atoms with E-state index < -0.39 is 0 Å². The van der Waals surface area contributed by atoms with Gasteiger partial charge in [-0.15, -0.1) is 11.3 Å². The van der Waals surface area contributed by atoms with Crippen LogP contribution in [0.15, 0.2) is 11.4 Å². The van der Waals surface area contributed by atoms with E-state index in [0.717, 1.165) is 17.0 Å². The Morgan fingerprint density at radius 2 is 2.29 bits per heavy atom. The van der Waals surface area contributed by atoms with E-state index in [2.05, 4.69) is 5.32 Å². The Balaban J connectivity index is 2.40. The summed E-state index contributed by atoms with van der Waals surface area (Å²) in [4.78, 5) is 14.5. The van der Waals surface area contributed by atoms with Crippen molar-refractivity contribution in [3.05, 3.63) is 21.9 Å². The molecule has 1 aromatic rings. The van der Waals surface area contributed by atoms with E-state index in [1.165, 1.54) is 11.3 Å². The summed E-state index contributed by atoms with van der Waals surface area (Å²) in [6.45, 7) is 3.52. The summed E-state index contributed by atoms with van der Waals surface area (Å²) >= 11 is 1.49. The van der Waals surface area contributed by atoms with Crippen molar-refractivity contribution in [2.75, 3.05) is 27.2 Å². The van der Waals surface area contributed by atoms with Gasteiger partial charge in [0.05, 0.1) is 4.88 Å². The lowest BCUT2D eigenvalue weighted by Crippen LogP contribution is -2.31. The summed E-state index contributed by atoms with van der Waals surface area (Å²) in [5, 5.41) is 4.83. The predicted molar refractivity (Wildman–Crippen MR) is 59.9 cm³/mol. The van der Waals surface area contributed by atoms with E-state index in [-0.39, 0.29) is 5.91 Å². The Labute approximate surface area is 88.7 Å². The van der Waals surface area contributed by atoms with Crippen LogP contribution in [-0.2, 0) is 0 Å². The first-order valence-corrected chi connectivity index (χ1v) is 5.46. The number of amides is 1. The van der Waals surface area contributed by atoms with Gasteiger partial charge in [0.25, 0.3) is 5.91 Å². The smallest absolute Gasteiger partial charge is 0.261 e. The summed E-state index contributed by atoms with van der Waals surface area (Å²) in [5.74, 6) is 0.0411. The van der Waals surface area contributed by atoms with Gasteiger partial charge < -0.3 is 10.2 Å². The van der Waals surface area contributed by atoms with Crippen LogP contribution in [0.1, 0.15) is 15.2 Å². The molecule has 0 atom stereocenters. The first-order chi connectivity index (χ1) is 6.61. The first-order valence-electron chi connectivity index (χ1n) is 4.58. The lowest BCUT2D eigenvalue weighted by atomic mass is 10.3. The molecular weight excluding hydrogens is 196 g/mol. The molecule has 1 amide bonds. The third kappa shape index (κ3) is 3.12. The van der Waals surface area contributed by atoms with Crippen LogP contribution in [0.2, 0.25) is 0 Å². The molecule has 1 N–H and O–H groups in total. The van der Waals surface area contributed by atoms with Crippen LogP contribution in [-0.4, -0.2) is 38.0 Å². The lowest BCUT2D eigenvalue weighted by molar-refractivity contribution is 0.0954. The van der Waals surface area contributed by atoms with Crippen LogP contribution in [0, 0.1) is 6.92 Å². The monoisotopic (exact) mass is 212 g/mol. The molecule has 0 radical (unpaired) electrons. The van der Waals surface area contributed by atoms with E-state index in [4.69, 9.17) is 0 Å². The zero-order valence-electron chi connectivity index (χ0n) is 8.83. The molecule has 1 aromatic heterocycles. The summed E-state index contributed by atoms with van der Waals surface area (Å²) in [6, 6.07) is 1.96. The molecule has 1 heterocycles. The molecule has 0 saturated heterocycles. The van der Waals surface area contributed by atoms with Gasteiger partial charge in [-0.2, -0.15) is 0 Å². The van der Waals surface area contributed by atoms with Crippen LogP contribution >= 0.6 is 11.3 Å². The first kappa shape index (κ1) is 11.2. The maximum atomic E-state index is 11.6. The number of hydrogen-bond donors (Lipinski definition) is 1. The Morgan fingerprint density at radius 3 is 2.79 bits per heavy atom. The van der Waals surface area contributed by atoms with Crippen LogP contribution in [0.3, 0.4) is 0 Å². The van der Waals surface area contributed by atoms with Crippen LogP contribution in [0.4, 0.5) is 0 Å². The van der Waals surface area contributed by atoms with E-state index in [1.807, 2.05) is 37.4 Å². The van der Waals surface area contributed by atoms with Crippen molar-refractivity contribution in [2.24, 2.45) is 0 Å². The minimum atomic E-state index is 0.0411. The predicted octanol–water partition coefficient (Wildman–Crippen LogP) is 1.35. The van der Waals surface area contributed by atoms with E-state index in [0.29, 0.717) is 6.54 Å². The average molecular weight is 212 g/mol. The number of aryl methyl sites for hydroxylation is 1. The molecule has 0 aliphatic rings. The normalized spacial score (nSPS) is 10.6. The number of nitrogens with one attached hydrogen (secondary N) is 1. The van der Waals surface area contributed by atoms with Gasteiger partial charge in [0, 0.05) is 13.1 Å². The number of likely N-dealkylation sites (N-methyl/N-ethyl adjacent to an activating group) is 1. The van der Waals surface area contributed by atoms with Gasteiger partial charge in [0.1, 0.15) is 0 Å². The molecule has 14 heavy (non-hydrogen) atoms. The van der Waals surface area contributed by atoms with Gasteiger partial charge in [-0.05, 0) is 38.0 Å². The molecule has 0 aliphatic heterocycles. The molecule has 3 nitrogen and oxygen atoms in total. The number of carbonyl (C=O) groups excluding carboxylic acids is 1. The second-order valence-electron chi connectivity index (χ2n) is 3.49. The maximum Gasteiger partial charge on any atom is 0.261 e. The van der Waals surface area contributed by atoms with Gasteiger partial charge in [-0.25, -0.2) is 0 Å². The molecule has 0 fully saturated rings. The van der Waals surface area contributed by atoms with Crippen molar-refractivity contribution in [3.8, 4) is 0 Å². The number of hydrogen-bond acceptors (Lipinski definition) is 3. The largest absolute Gasteiger partial charge is 0.350 e. The van der Waals surface area contributed by atoms with Gasteiger partial charge in [0.15, 0.2) is 0 Å². The standard InChI is InChI=1S/C10H16N2OS/c1-8-4-7-14-9(8)10(13)11-5-6-12(2)3/h4,7H,5-6H2,1-3H3,(H,11,13). The third-order valence-electron chi connectivity index (χ3n) is 1.91. The molecule has 0 aromatic carbocycles. The quantitative estimate of drug-likeness (QED) is 0.817. The minimum Gasteiger partial charge on any atom is -0.350 e. The second-order valence-corrected chi connectivity index (χ2v) is 4.41. The molecular formula is C10H16N2OS. The third-order valence-corrected chi connectivity index (χ3v) is 2.93. The van der Waals surface area contributed by atoms with Gasteiger partial charge in [-0.1, -0.05) is 0 Å². The highest BCUT2D eigenvalue weighted by Crippen LogP contribution is 2.14. The van der Waals surface area contributed by atoms with Gasteiger partial charge in [-0.3, -0.25) is 4.79 Å². The molecule has 0 aliphatic carbocycles. The fourth-order valence-corrected chi connectivity index (χ4v) is 1.92. The molecule has 0 bridgehead atoms. The summed E-state index contributed by atoms with van der Waals surface area (Å²) < 4.78 is 0. The van der Waals surface area contributed by atoms with E-state index in [9.17, 15) is 4.79 Å². The highest BCUT2D eigenvalue weighted by atomic mass is 32.1. The Bertz CT molecular complexity index is 307. The minimum absolute atomic E-state index is 0.0411. The lowest BCUT2D eigenvalue weighted by Gasteiger charge is -2.09. The van der Waals surface area contributed by atoms with Crippen molar-refractivity contribution in [3.63, 3.8) is 0 Å². The van der Waals surface area contributed by atoms with Crippen LogP contribution < -0.4 is 5.32 Å². The highest BCUT2D eigenvalue weighted by Gasteiger charge is 2.08. The molecule has 0 saturated carbocycles. The van der Waals surface area contributed by atoms with Crippen LogP contribution in [0.25, 0.3) is 0 Å². The van der Waals surface area contributed by atoms with Crippen molar-refractivity contribution < 1.29 is 4.79 Å². The van der Waals surface area contributed by atoms with Crippen molar-refractivity contribution in [2.45, 2.75) is 6.92 Å². The topological polar surface area (TPSA) is 32.3 Å². The Kier molecular flexibility index (Phi) is 4.10. The summed E-state index contributed by atoms with van der Waals surface area (Å²) in [5.41, 5.74) is 1.05. The second kappa shape index (κ2) is 5.12. The zero-order chi connectivity index (χ0) is 10.6. The number of carbonyl (C=O) groups is 1. The van der Waals surface area contributed by atoms with Gasteiger partial charge >= 0.3 is 0 Å². The van der Waals surface area contributed by atoms with Gasteiger partial charge in [0.2, 0.25) is 0 Å². The zero-order valence-corrected chi connectivity index (χ0v) is 9.65. The van der Waals surface area contributed by atoms with Crippen molar-refractivity contribution >= 4 is 17.2 Å². The average Bonchev–Trinajstić information content (AvgIpc) is 2.50. The van der Waals surface area contributed by atoms with Crippen molar-refractivity contribution in [1.82, 2.24) is 10.2 Å². The van der Waals surface area contributed by atoms with E-state index >= 15 is 0 Å². The molecule has 0 spiro atoms. The Hall–Kier alpha value is -0.870. The molecule has 0 unspecified atom stereocenters. The summed E-state index contributed by atoms with van der Waals surface area (Å²) in [6.07, 6.45) is 0. The number of rotatable bonds is 4. The maximum absolute atomic E-state index is 11.6. The van der Waals surface area contributed by atoms with E-state index in [1.54, 1.807) is 0 Å². The SMILES string of the molecule is Cc1ccsc1C(=O)NCCN(C)C.